The van der Waals surface area contributed by atoms with E-state index in [0.29, 0.717) is 11.6 Å². The molecule has 0 radical (unpaired) electrons. The van der Waals surface area contributed by atoms with E-state index in [1.807, 2.05) is 31.2 Å². The third-order valence-corrected chi connectivity index (χ3v) is 4.80. The first-order valence-corrected chi connectivity index (χ1v) is 9.32. The standard InChI is InChI=1S/C20H27N5O/c1-4-16-6-8-17(9-7-16)22-19(26)18-14-15(3)21-20(23-18)25-12-10-24(5-2)11-13-25/h6-9,14H,4-5,10-13H2,1-3H3,(H,22,26). The van der Waals surface area contributed by atoms with E-state index in [1.165, 1.54) is 5.56 Å². The van der Waals surface area contributed by atoms with Crippen LogP contribution in [0.15, 0.2) is 30.3 Å². The molecule has 2 heterocycles. The van der Waals surface area contributed by atoms with Crippen molar-refractivity contribution in [2.24, 2.45) is 0 Å². The average molecular weight is 353 g/mol. The number of aromatic nitrogens is 2. The van der Waals surface area contributed by atoms with Crippen molar-refractivity contribution in [2.45, 2.75) is 27.2 Å². The summed E-state index contributed by atoms with van der Waals surface area (Å²) in [5.41, 5.74) is 3.24. The number of aryl methyl sites for hydroxylation is 2. The quantitative estimate of drug-likeness (QED) is 0.896. The fourth-order valence-electron chi connectivity index (χ4n) is 3.09. The average Bonchev–Trinajstić information content (AvgIpc) is 2.68. The number of carbonyl (C=O) groups excluding carboxylic acids is 1. The minimum Gasteiger partial charge on any atom is -0.338 e. The lowest BCUT2D eigenvalue weighted by atomic mass is 10.1. The highest BCUT2D eigenvalue weighted by molar-refractivity contribution is 6.03. The van der Waals surface area contributed by atoms with Crippen LogP contribution in [0.5, 0.6) is 0 Å². The second-order valence-electron chi connectivity index (χ2n) is 6.62. The predicted molar refractivity (Wildman–Crippen MR) is 105 cm³/mol. The molecule has 1 fully saturated rings. The van der Waals surface area contributed by atoms with E-state index >= 15 is 0 Å². The molecule has 6 heteroatoms. The molecule has 2 aromatic rings. The molecular weight excluding hydrogens is 326 g/mol. The van der Waals surface area contributed by atoms with E-state index in [-0.39, 0.29) is 5.91 Å². The summed E-state index contributed by atoms with van der Waals surface area (Å²) in [5, 5.41) is 2.93. The lowest BCUT2D eigenvalue weighted by Crippen LogP contribution is -2.47. The molecule has 1 saturated heterocycles. The first kappa shape index (κ1) is 18.3. The highest BCUT2D eigenvalue weighted by Crippen LogP contribution is 2.15. The van der Waals surface area contributed by atoms with Gasteiger partial charge in [0.15, 0.2) is 0 Å². The maximum atomic E-state index is 12.6. The summed E-state index contributed by atoms with van der Waals surface area (Å²) in [6, 6.07) is 9.64. The van der Waals surface area contributed by atoms with Crippen LogP contribution in [-0.4, -0.2) is 53.5 Å². The van der Waals surface area contributed by atoms with Gasteiger partial charge in [-0.15, -0.1) is 0 Å². The number of piperazine rings is 1. The minimum atomic E-state index is -0.201. The van der Waals surface area contributed by atoms with Gasteiger partial charge in [0, 0.05) is 37.6 Å². The molecule has 0 atom stereocenters. The number of likely N-dealkylation sites (N-methyl/N-ethyl adjacent to an activating group) is 1. The lowest BCUT2D eigenvalue weighted by molar-refractivity contribution is 0.102. The lowest BCUT2D eigenvalue weighted by Gasteiger charge is -2.34. The van der Waals surface area contributed by atoms with Gasteiger partial charge < -0.3 is 15.1 Å². The smallest absolute Gasteiger partial charge is 0.274 e. The van der Waals surface area contributed by atoms with Crippen LogP contribution in [-0.2, 0) is 6.42 Å². The molecule has 26 heavy (non-hydrogen) atoms. The molecular formula is C20H27N5O. The Labute approximate surface area is 155 Å². The van der Waals surface area contributed by atoms with Crippen LogP contribution in [0.2, 0.25) is 0 Å². The van der Waals surface area contributed by atoms with Crippen molar-refractivity contribution in [1.29, 1.82) is 0 Å². The highest BCUT2D eigenvalue weighted by atomic mass is 16.1. The Bertz CT molecular complexity index is 751. The van der Waals surface area contributed by atoms with Crippen LogP contribution in [0, 0.1) is 6.92 Å². The van der Waals surface area contributed by atoms with Gasteiger partial charge >= 0.3 is 0 Å². The number of anilines is 2. The van der Waals surface area contributed by atoms with Crippen LogP contribution in [0.25, 0.3) is 0 Å². The third-order valence-electron chi connectivity index (χ3n) is 4.80. The fraction of sp³-hybridized carbons (Fsp3) is 0.450. The molecule has 1 amide bonds. The van der Waals surface area contributed by atoms with Crippen molar-refractivity contribution >= 4 is 17.5 Å². The first-order chi connectivity index (χ1) is 12.6. The molecule has 1 aliphatic heterocycles. The Morgan fingerprint density at radius 2 is 1.77 bits per heavy atom. The summed E-state index contributed by atoms with van der Waals surface area (Å²) in [7, 11) is 0. The molecule has 1 aliphatic rings. The van der Waals surface area contributed by atoms with E-state index in [1.54, 1.807) is 6.07 Å². The Hall–Kier alpha value is -2.47. The van der Waals surface area contributed by atoms with Crippen LogP contribution in [0.3, 0.4) is 0 Å². The van der Waals surface area contributed by atoms with E-state index in [2.05, 4.69) is 38.9 Å². The summed E-state index contributed by atoms with van der Waals surface area (Å²) in [6.07, 6.45) is 0.980. The molecule has 3 rings (SSSR count). The van der Waals surface area contributed by atoms with E-state index in [9.17, 15) is 4.79 Å². The minimum absolute atomic E-state index is 0.201. The zero-order valence-corrected chi connectivity index (χ0v) is 15.8. The van der Waals surface area contributed by atoms with Crippen molar-refractivity contribution in [2.75, 3.05) is 42.9 Å². The predicted octanol–water partition coefficient (Wildman–Crippen LogP) is 2.74. The van der Waals surface area contributed by atoms with Gasteiger partial charge in [-0.1, -0.05) is 26.0 Å². The molecule has 6 nitrogen and oxygen atoms in total. The van der Waals surface area contributed by atoms with Gasteiger partial charge in [0.1, 0.15) is 5.69 Å². The van der Waals surface area contributed by atoms with E-state index in [4.69, 9.17) is 0 Å². The first-order valence-electron chi connectivity index (χ1n) is 9.32. The van der Waals surface area contributed by atoms with Crippen LogP contribution >= 0.6 is 0 Å². The maximum Gasteiger partial charge on any atom is 0.274 e. The monoisotopic (exact) mass is 353 g/mol. The van der Waals surface area contributed by atoms with Gasteiger partial charge in [0.25, 0.3) is 5.91 Å². The molecule has 0 spiro atoms. The van der Waals surface area contributed by atoms with Gasteiger partial charge in [-0.25, -0.2) is 9.97 Å². The Balaban J connectivity index is 1.73. The topological polar surface area (TPSA) is 61.4 Å². The van der Waals surface area contributed by atoms with E-state index in [0.717, 1.165) is 50.5 Å². The van der Waals surface area contributed by atoms with Gasteiger partial charge in [0.05, 0.1) is 0 Å². The second-order valence-corrected chi connectivity index (χ2v) is 6.62. The van der Waals surface area contributed by atoms with Crippen molar-refractivity contribution in [1.82, 2.24) is 14.9 Å². The SMILES string of the molecule is CCc1ccc(NC(=O)c2cc(C)nc(N3CCN(CC)CC3)n2)cc1. The number of benzene rings is 1. The summed E-state index contributed by atoms with van der Waals surface area (Å²) >= 11 is 0. The summed E-state index contributed by atoms with van der Waals surface area (Å²) < 4.78 is 0. The van der Waals surface area contributed by atoms with Crippen LogP contribution < -0.4 is 10.2 Å². The zero-order chi connectivity index (χ0) is 18.5. The maximum absolute atomic E-state index is 12.6. The summed E-state index contributed by atoms with van der Waals surface area (Å²) in [4.78, 5) is 26.2. The van der Waals surface area contributed by atoms with Crippen LogP contribution in [0.1, 0.15) is 35.6 Å². The summed E-state index contributed by atoms with van der Waals surface area (Å²) in [5.74, 6) is 0.445. The number of hydrogen-bond donors (Lipinski definition) is 1. The van der Waals surface area contributed by atoms with Gasteiger partial charge in [-0.2, -0.15) is 0 Å². The van der Waals surface area contributed by atoms with Gasteiger partial charge in [-0.05, 0) is 43.7 Å². The molecule has 0 unspecified atom stereocenters. The Morgan fingerprint density at radius 3 is 2.38 bits per heavy atom. The Kier molecular flexibility index (Phi) is 5.83. The molecule has 1 aromatic carbocycles. The van der Waals surface area contributed by atoms with Crippen LogP contribution in [0.4, 0.5) is 11.6 Å². The van der Waals surface area contributed by atoms with Crippen molar-refractivity contribution < 1.29 is 4.79 Å². The van der Waals surface area contributed by atoms with Crippen molar-refractivity contribution in [3.05, 3.63) is 47.3 Å². The Morgan fingerprint density at radius 1 is 1.08 bits per heavy atom. The third kappa shape index (κ3) is 4.38. The molecule has 138 valence electrons. The number of carbonyl (C=O) groups is 1. The molecule has 0 bridgehead atoms. The largest absolute Gasteiger partial charge is 0.338 e. The number of rotatable bonds is 5. The molecule has 0 saturated carbocycles. The second kappa shape index (κ2) is 8.27. The normalized spacial score (nSPS) is 15.1. The number of nitrogens with zero attached hydrogens (tertiary/aromatic N) is 4. The molecule has 1 N–H and O–H groups in total. The van der Waals surface area contributed by atoms with Gasteiger partial charge in [0.2, 0.25) is 5.95 Å². The number of amides is 1. The number of nitrogens with one attached hydrogen (secondary N) is 1. The van der Waals surface area contributed by atoms with Gasteiger partial charge in [-0.3, -0.25) is 4.79 Å². The molecule has 1 aromatic heterocycles. The molecule has 0 aliphatic carbocycles. The fourth-order valence-corrected chi connectivity index (χ4v) is 3.09. The van der Waals surface area contributed by atoms with Crippen molar-refractivity contribution in [3.63, 3.8) is 0 Å². The van der Waals surface area contributed by atoms with E-state index < -0.39 is 0 Å². The highest BCUT2D eigenvalue weighted by Gasteiger charge is 2.20. The zero-order valence-electron chi connectivity index (χ0n) is 15.8. The number of hydrogen-bond acceptors (Lipinski definition) is 5. The van der Waals surface area contributed by atoms with Crippen molar-refractivity contribution in [3.8, 4) is 0 Å². The summed E-state index contributed by atoms with van der Waals surface area (Å²) in [6.45, 7) is 11.0.